The first-order chi connectivity index (χ1) is 13.5. The lowest BCUT2D eigenvalue weighted by molar-refractivity contribution is 0.0690. The van der Waals surface area contributed by atoms with Crippen LogP contribution in [-0.2, 0) is 10.0 Å². The summed E-state index contributed by atoms with van der Waals surface area (Å²) in [7, 11) is -3.50. The molecule has 0 N–H and O–H groups in total. The van der Waals surface area contributed by atoms with Crippen LogP contribution in [0.5, 0.6) is 0 Å². The topological polar surface area (TPSA) is 75.5 Å². The number of benzene rings is 1. The van der Waals surface area contributed by atoms with Gasteiger partial charge < -0.3 is 4.90 Å². The Kier molecular flexibility index (Phi) is 5.05. The van der Waals surface area contributed by atoms with E-state index in [1.807, 2.05) is 43.3 Å². The van der Waals surface area contributed by atoms with E-state index in [4.69, 9.17) is 0 Å². The van der Waals surface area contributed by atoms with Crippen molar-refractivity contribution in [2.24, 2.45) is 0 Å². The summed E-state index contributed by atoms with van der Waals surface area (Å²) in [6.07, 6.45) is 3.16. The number of hydrogen-bond donors (Lipinski definition) is 0. The van der Waals surface area contributed by atoms with Gasteiger partial charge in [0.2, 0.25) is 0 Å². The van der Waals surface area contributed by atoms with Crippen LogP contribution in [0.4, 0.5) is 0 Å². The second-order valence-corrected chi connectivity index (χ2v) is 10.00. The number of aryl methyl sites for hydroxylation is 1. The molecule has 1 aliphatic rings. The molecular weight excluding hydrogens is 396 g/mol. The van der Waals surface area contributed by atoms with Gasteiger partial charge in [0.25, 0.3) is 15.9 Å². The summed E-state index contributed by atoms with van der Waals surface area (Å²) in [5.41, 5.74) is 1.33. The van der Waals surface area contributed by atoms with Crippen molar-refractivity contribution in [3.05, 3.63) is 65.6 Å². The lowest BCUT2D eigenvalue weighted by Gasteiger charge is -2.33. The third-order valence-corrected chi connectivity index (χ3v) is 8.09. The van der Waals surface area contributed by atoms with Crippen molar-refractivity contribution in [1.82, 2.24) is 18.8 Å². The Hall–Kier alpha value is -2.49. The van der Waals surface area contributed by atoms with E-state index in [0.717, 1.165) is 10.6 Å². The van der Waals surface area contributed by atoms with E-state index in [1.54, 1.807) is 28.1 Å². The predicted octanol–water partition coefficient (Wildman–Crippen LogP) is 2.39. The lowest BCUT2D eigenvalue weighted by Crippen LogP contribution is -2.50. The van der Waals surface area contributed by atoms with Gasteiger partial charge in [0, 0.05) is 36.7 Å². The molecule has 0 bridgehead atoms. The van der Waals surface area contributed by atoms with Crippen molar-refractivity contribution in [1.29, 1.82) is 0 Å². The number of piperazine rings is 1. The van der Waals surface area contributed by atoms with E-state index in [-0.39, 0.29) is 19.0 Å². The largest absolute Gasteiger partial charge is 0.335 e. The SMILES string of the molecule is Cc1ccc(S(=O)(=O)N2CCN(C(=O)c3cncn3-c3ccccc3)CC2)s1. The van der Waals surface area contributed by atoms with Gasteiger partial charge in [-0.3, -0.25) is 9.36 Å². The maximum atomic E-state index is 13.0. The highest BCUT2D eigenvalue weighted by Crippen LogP contribution is 2.25. The highest BCUT2D eigenvalue weighted by atomic mass is 32.2. The molecule has 7 nitrogen and oxygen atoms in total. The molecule has 146 valence electrons. The van der Waals surface area contributed by atoms with Crippen molar-refractivity contribution < 1.29 is 13.2 Å². The number of rotatable bonds is 4. The standard InChI is InChI=1S/C19H20N4O3S2/c1-15-7-8-18(27-15)28(25,26)22-11-9-21(10-12-22)19(24)17-13-20-14-23(17)16-5-3-2-4-6-16/h2-8,13-14H,9-12H2,1H3. The molecule has 0 radical (unpaired) electrons. The van der Waals surface area contributed by atoms with Crippen LogP contribution in [-0.4, -0.2) is 59.3 Å². The van der Waals surface area contributed by atoms with Crippen LogP contribution in [0.2, 0.25) is 0 Å². The van der Waals surface area contributed by atoms with Gasteiger partial charge in [-0.15, -0.1) is 11.3 Å². The van der Waals surface area contributed by atoms with Gasteiger partial charge in [-0.05, 0) is 31.2 Å². The zero-order chi connectivity index (χ0) is 19.7. The summed E-state index contributed by atoms with van der Waals surface area (Å²) < 4.78 is 29.1. The monoisotopic (exact) mass is 416 g/mol. The molecule has 0 unspecified atom stereocenters. The third kappa shape index (κ3) is 3.48. The van der Waals surface area contributed by atoms with E-state index in [9.17, 15) is 13.2 Å². The minimum absolute atomic E-state index is 0.148. The van der Waals surface area contributed by atoms with Gasteiger partial charge in [0.05, 0.1) is 12.5 Å². The van der Waals surface area contributed by atoms with Crippen molar-refractivity contribution in [3.8, 4) is 5.69 Å². The summed E-state index contributed by atoms with van der Waals surface area (Å²) in [6.45, 7) is 3.15. The van der Waals surface area contributed by atoms with Crippen LogP contribution < -0.4 is 0 Å². The first-order valence-electron chi connectivity index (χ1n) is 8.90. The predicted molar refractivity (Wildman–Crippen MR) is 107 cm³/mol. The van der Waals surface area contributed by atoms with E-state index in [0.29, 0.717) is 23.0 Å². The minimum Gasteiger partial charge on any atom is -0.335 e. The normalized spacial score (nSPS) is 15.7. The second-order valence-electron chi connectivity index (χ2n) is 6.55. The second kappa shape index (κ2) is 7.50. The maximum Gasteiger partial charge on any atom is 0.272 e. The number of carbonyl (C=O) groups excluding carboxylic acids is 1. The first-order valence-corrected chi connectivity index (χ1v) is 11.2. The number of carbonyl (C=O) groups is 1. The van der Waals surface area contributed by atoms with Gasteiger partial charge in [0.1, 0.15) is 9.90 Å². The number of para-hydroxylation sites is 1. The highest BCUT2D eigenvalue weighted by Gasteiger charge is 2.32. The summed E-state index contributed by atoms with van der Waals surface area (Å²) in [6, 6.07) is 13.0. The summed E-state index contributed by atoms with van der Waals surface area (Å²) >= 11 is 1.27. The van der Waals surface area contributed by atoms with Crippen LogP contribution in [0.15, 0.2) is 59.2 Å². The number of aromatic nitrogens is 2. The molecule has 1 saturated heterocycles. The molecular formula is C19H20N4O3S2. The smallest absolute Gasteiger partial charge is 0.272 e. The Morgan fingerprint density at radius 2 is 1.75 bits per heavy atom. The summed E-state index contributed by atoms with van der Waals surface area (Å²) in [5.74, 6) is -0.148. The molecule has 2 aromatic heterocycles. The number of thiophene rings is 1. The number of imidazole rings is 1. The lowest BCUT2D eigenvalue weighted by atomic mass is 10.3. The van der Waals surface area contributed by atoms with Gasteiger partial charge >= 0.3 is 0 Å². The Morgan fingerprint density at radius 1 is 1.04 bits per heavy atom. The average Bonchev–Trinajstić information content (AvgIpc) is 3.38. The number of hydrogen-bond acceptors (Lipinski definition) is 5. The van der Waals surface area contributed by atoms with Crippen molar-refractivity contribution in [2.75, 3.05) is 26.2 Å². The quantitative estimate of drug-likeness (QED) is 0.654. The molecule has 9 heteroatoms. The fraction of sp³-hybridized carbons (Fsp3) is 0.263. The molecule has 4 rings (SSSR count). The Morgan fingerprint density at radius 3 is 2.39 bits per heavy atom. The number of sulfonamides is 1. The molecule has 0 spiro atoms. The molecule has 0 saturated carbocycles. The van der Waals surface area contributed by atoms with E-state index >= 15 is 0 Å². The number of amides is 1. The van der Waals surface area contributed by atoms with Crippen molar-refractivity contribution in [3.63, 3.8) is 0 Å². The zero-order valence-corrected chi connectivity index (χ0v) is 17.0. The molecule has 1 fully saturated rings. The van der Waals surface area contributed by atoms with Gasteiger partial charge in [-0.2, -0.15) is 4.31 Å². The van der Waals surface area contributed by atoms with Crippen LogP contribution in [0.25, 0.3) is 5.69 Å². The Bertz CT molecular complexity index is 1080. The molecule has 0 aliphatic carbocycles. The molecule has 1 aromatic carbocycles. The van der Waals surface area contributed by atoms with Crippen molar-refractivity contribution >= 4 is 27.3 Å². The number of nitrogens with zero attached hydrogens (tertiary/aromatic N) is 4. The average molecular weight is 417 g/mol. The summed E-state index contributed by atoms with van der Waals surface area (Å²) in [4.78, 5) is 19.7. The molecule has 0 atom stereocenters. The molecule has 3 heterocycles. The fourth-order valence-corrected chi connectivity index (χ4v) is 6.08. The molecule has 28 heavy (non-hydrogen) atoms. The van der Waals surface area contributed by atoms with Crippen LogP contribution in [0.1, 0.15) is 15.4 Å². The first kappa shape index (κ1) is 18.9. The Labute approximate surface area is 167 Å². The van der Waals surface area contributed by atoms with E-state index < -0.39 is 10.0 Å². The maximum absolute atomic E-state index is 13.0. The zero-order valence-electron chi connectivity index (χ0n) is 15.4. The van der Waals surface area contributed by atoms with E-state index in [1.165, 1.54) is 15.6 Å². The molecule has 1 aliphatic heterocycles. The van der Waals surface area contributed by atoms with Gasteiger partial charge in [0.15, 0.2) is 0 Å². The van der Waals surface area contributed by atoms with Gasteiger partial charge in [-0.25, -0.2) is 13.4 Å². The third-order valence-electron chi connectivity index (χ3n) is 4.73. The Balaban J connectivity index is 1.48. The fourth-order valence-electron chi connectivity index (χ4n) is 3.22. The van der Waals surface area contributed by atoms with Crippen LogP contribution >= 0.6 is 11.3 Å². The minimum atomic E-state index is -3.50. The summed E-state index contributed by atoms with van der Waals surface area (Å²) in [5, 5.41) is 0. The van der Waals surface area contributed by atoms with Crippen molar-refractivity contribution in [2.45, 2.75) is 11.1 Å². The van der Waals surface area contributed by atoms with Crippen LogP contribution in [0, 0.1) is 6.92 Å². The highest BCUT2D eigenvalue weighted by molar-refractivity contribution is 7.91. The van der Waals surface area contributed by atoms with Gasteiger partial charge in [-0.1, -0.05) is 18.2 Å². The molecule has 3 aromatic rings. The molecule has 1 amide bonds. The van der Waals surface area contributed by atoms with Crippen LogP contribution in [0.3, 0.4) is 0 Å². The van der Waals surface area contributed by atoms with E-state index in [2.05, 4.69) is 4.98 Å².